The molecule has 0 unspecified atom stereocenters. The second-order valence-corrected chi connectivity index (χ2v) is 5.09. The van der Waals surface area contributed by atoms with Crippen molar-refractivity contribution >= 4 is 17.2 Å². The Hall–Kier alpha value is -0.870. The fourth-order valence-electron chi connectivity index (χ4n) is 1.94. The Bertz CT molecular complexity index is 342. The molecule has 4 heteroatoms. The van der Waals surface area contributed by atoms with Gasteiger partial charge < -0.3 is 11.1 Å². The van der Waals surface area contributed by atoms with Crippen LogP contribution in [0.25, 0.3) is 0 Å². The smallest absolute Gasteiger partial charge is 0.261 e. The second-order valence-electron chi connectivity index (χ2n) is 3.92. The number of hydrogen-bond donors (Lipinski definition) is 2. The van der Waals surface area contributed by atoms with Gasteiger partial charge in [-0.15, -0.1) is 11.3 Å². The normalized spacial score (nSPS) is 16.9. The number of amides is 1. The van der Waals surface area contributed by atoms with Crippen LogP contribution in [0.5, 0.6) is 0 Å². The van der Waals surface area contributed by atoms with E-state index in [1.54, 1.807) is 0 Å². The first-order valence-corrected chi connectivity index (χ1v) is 6.21. The summed E-state index contributed by atoms with van der Waals surface area (Å²) in [5.74, 6) is 0.0617. The van der Waals surface area contributed by atoms with Crippen molar-refractivity contribution in [2.45, 2.75) is 38.3 Å². The molecule has 0 aromatic carbocycles. The lowest BCUT2D eigenvalue weighted by atomic mass is 10.2. The highest BCUT2D eigenvalue weighted by atomic mass is 32.1. The zero-order chi connectivity index (χ0) is 10.7. The molecule has 3 nitrogen and oxygen atoms in total. The van der Waals surface area contributed by atoms with Crippen LogP contribution in [0.1, 0.15) is 40.2 Å². The van der Waals surface area contributed by atoms with Gasteiger partial charge in [0.15, 0.2) is 0 Å². The standard InChI is InChI=1S/C11H16N2OS/c12-7-9-5-6-10(15-9)11(14)13-8-3-1-2-4-8/h5-6,8H,1-4,7,12H2,(H,13,14). The van der Waals surface area contributed by atoms with E-state index in [1.165, 1.54) is 24.2 Å². The lowest BCUT2D eigenvalue weighted by Crippen LogP contribution is -2.31. The molecule has 1 amide bonds. The number of hydrogen-bond acceptors (Lipinski definition) is 3. The van der Waals surface area contributed by atoms with Crippen LogP contribution in [0.4, 0.5) is 0 Å². The lowest BCUT2D eigenvalue weighted by Gasteiger charge is -2.10. The van der Waals surface area contributed by atoms with Crippen LogP contribution in [-0.4, -0.2) is 11.9 Å². The molecule has 0 aliphatic heterocycles. The van der Waals surface area contributed by atoms with Crippen molar-refractivity contribution in [3.63, 3.8) is 0 Å². The summed E-state index contributed by atoms with van der Waals surface area (Å²) < 4.78 is 0. The van der Waals surface area contributed by atoms with Crippen molar-refractivity contribution in [2.75, 3.05) is 0 Å². The number of rotatable bonds is 3. The first kappa shape index (κ1) is 10.6. The molecule has 0 spiro atoms. The Labute approximate surface area is 93.7 Å². The quantitative estimate of drug-likeness (QED) is 0.823. The molecule has 1 fully saturated rings. The molecule has 0 saturated heterocycles. The minimum absolute atomic E-state index is 0.0617. The maximum atomic E-state index is 11.8. The third-order valence-corrected chi connectivity index (χ3v) is 3.88. The summed E-state index contributed by atoms with van der Waals surface area (Å²) in [6.45, 7) is 0.515. The predicted octanol–water partition coefficient (Wildman–Crippen LogP) is 1.88. The van der Waals surface area contributed by atoms with E-state index in [-0.39, 0.29) is 5.91 Å². The lowest BCUT2D eigenvalue weighted by molar-refractivity contribution is 0.0942. The number of carbonyl (C=O) groups is 1. The zero-order valence-corrected chi connectivity index (χ0v) is 9.48. The molecule has 3 N–H and O–H groups in total. The van der Waals surface area contributed by atoms with Gasteiger partial charge in [-0.25, -0.2) is 0 Å². The third-order valence-electron chi connectivity index (χ3n) is 2.78. The molecular weight excluding hydrogens is 208 g/mol. The van der Waals surface area contributed by atoms with E-state index in [2.05, 4.69) is 5.32 Å². The van der Waals surface area contributed by atoms with Crippen molar-refractivity contribution in [1.29, 1.82) is 0 Å². The van der Waals surface area contributed by atoms with E-state index in [4.69, 9.17) is 5.73 Å². The van der Waals surface area contributed by atoms with Gasteiger partial charge in [-0.1, -0.05) is 12.8 Å². The Morgan fingerprint density at radius 1 is 1.47 bits per heavy atom. The predicted molar refractivity (Wildman–Crippen MR) is 61.9 cm³/mol. The maximum Gasteiger partial charge on any atom is 0.261 e. The van der Waals surface area contributed by atoms with Crippen molar-refractivity contribution in [3.8, 4) is 0 Å². The van der Waals surface area contributed by atoms with Gasteiger partial charge in [-0.05, 0) is 25.0 Å². The largest absolute Gasteiger partial charge is 0.349 e. The number of nitrogens with one attached hydrogen (secondary N) is 1. The molecule has 1 aromatic heterocycles. The monoisotopic (exact) mass is 224 g/mol. The van der Waals surface area contributed by atoms with Crippen molar-refractivity contribution in [2.24, 2.45) is 5.73 Å². The summed E-state index contributed by atoms with van der Waals surface area (Å²) in [5, 5.41) is 3.06. The maximum absolute atomic E-state index is 11.8. The van der Waals surface area contributed by atoms with Gasteiger partial charge in [-0.3, -0.25) is 4.79 Å². The van der Waals surface area contributed by atoms with Gasteiger partial charge in [0.05, 0.1) is 4.88 Å². The molecule has 1 heterocycles. The molecule has 1 saturated carbocycles. The van der Waals surface area contributed by atoms with Crippen LogP contribution in [-0.2, 0) is 6.54 Å². The average molecular weight is 224 g/mol. The Morgan fingerprint density at radius 3 is 2.80 bits per heavy atom. The van der Waals surface area contributed by atoms with Crippen LogP contribution in [0.15, 0.2) is 12.1 Å². The number of carbonyl (C=O) groups excluding carboxylic acids is 1. The van der Waals surface area contributed by atoms with Crippen LogP contribution in [0.2, 0.25) is 0 Å². The van der Waals surface area contributed by atoms with Crippen LogP contribution in [0, 0.1) is 0 Å². The fraction of sp³-hybridized carbons (Fsp3) is 0.545. The molecule has 2 rings (SSSR count). The SMILES string of the molecule is NCc1ccc(C(=O)NC2CCCC2)s1. The van der Waals surface area contributed by atoms with E-state index in [0.29, 0.717) is 12.6 Å². The van der Waals surface area contributed by atoms with E-state index < -0.39 is 0 Å². The van der Waals surface area contributed by atoms with E-state index in [1.807, 2.05) is 12.1 Å². The Balaban J connectivity index is 1.94. The molecule has 0 bridgehead atoms. The van der Waals surface area contributed by atoms with Gasteiger partial charge in [0.1, 0.15) is 0 Å². The highest BCUT2D eigenvalue weighted by Crippen LogP contribution is 2.20. The Morgan fingerprint density at radius 2 is 2.20 bits per heavy atom. The summed E-state index contributed by atoms with van der Waals surface area (Å²) in [5.41, 5.74) is 5.51. The fourth-order valence-corrected chi connectivity index (χ4v) is 2.73. The van der Waals surface area contributed by atoms with Gasteiger partial charge in [0, 0.05) is 17.5 Å². The van der Waals surface area contributed by atoms with Crippen LogP contribution < -0.4 is 11.1 Å². The molecule has 1 aliphatic carbocycles. The first-order valence-electron chi connectivity index (χ1n) is 5.39. The number of thiophene rings is 1. The summed E-state index contributed by atoms with van der Waals surface area (Å²) >= 11 is 1.49. The number of nitrogens with two attached hydrogens (primary N) is 1. The van der Waals surface area contributed by atoms with Gasteiger partial charge in [0.25, 0.3) is 5.91 Å². The van der Waals surface area contributed by atoms with Gasteiger partial charge in [0.2, 0.25) is 0 Å². The summed E-state index contributed by atoms with van der Waals surface area (Å²) in [6.07, 6.45) is 4.73. The van der Waals surface area contributed by atoms with Gasteiger partial charge >= 0.3 is 0 Å². The topological polar surface area (TPSA) is 55.1 Å². The van der Waals surface area contributed by atoms with Gasteiger partial charge in [-0.2, -0.15) is 0 Å². The minimum atomic E-state index is 0.0617. The van der Waals surface area contributed by atoms with Crippen LogP contribution in [0.3, 0.4) is 0 Å². The van der Waals surface area contributed by atoms with Crippen molar-refractivity contribution < 1.29 is 4.79 Å². The highest BCUT2D eigenvalue weighted by molar-refractivity contribution is 7.14. The second kappa shape index (κ2) is 4.77. The van der Waals surface area contributed by atoms with Crippen molar-refractivity contribution in [1.82, 2.24) is 5.32 Å². The Kier molecular flexibility index (Phi) is 3.38. The summed E-state index contributed by atoms with van der Waals surface area (Å²) in [7, 11) is 0. The molecule has 82 valence electrons. The highest BCUT2D eigenvalue weighted by Gasteiger charge is 2.18. The van der Waals surface area contributed by atoms with E-state index in [0.717, 1.165) is 22.6 Å². The van der Waals surface area contributed by atoms with E-state index in [9.17, 15) is 4.79 Å². The van der Waals surface area contributed by atoms with Crippen LogP contribution >= 0.6 is 11.3 Å². The van der Waals surface area contributed by atoms with Crippen molar-refractivity contribution in [3.05, 3.63) is 21.9 Å². The zero-order valence-electron chi connectivity index (χ0n) is 8.66. The van der Waals surface area contributed by atoms with E-state index >= 15 is 0 Å². The molecule has 1 aliphatic rings. The summed E-state index contributed by atoms with van der Waals surface area (Å²) in [4.78, 5) is 13.6. The first-order chi connectivity index (χ1) is 7.29. The molecule has 0 atom stereocenters. The third kappa shape index (κ3) is 2.58. The molecule has 1 aromatic rings. The average Bonchev–Trinajstić information content (AvgIpc) is 2.86. The minimum Gasteiger partial charge on any atom is -0.349 e. The molecular formula is C11H16N2OS. The molecule has 0 radical (unpaired) electrons. The summed E-state index contributed by atoms with van der Waals surface area (Å²) in [6, 6.07) is 4.17. The molecule has 15 heavy (non-hydrogen) atoms.